The summed E-state index contributed by atoms with van der Waals surface area (Å²) in [5.74, 6) is -0.200. The van der Waals surface area contributed by atoms with Crippen LogP contribution in [0.25, 0.3) is 0 Å². The molecule has 0 bridgehead atoms. The van der Waals surface area contributed by atoms with Crippen LogP contribution in [0.3, 0.4) is 0 Å². The van der Waals surface area contributed by atoms with Crippen molar-refractivity contribution in [1.82, 2.24) is 5.32 Å². The number of halogens is 2. The predicted molar refractivity (Wildman–Crippen MR) is 74.3 cm³/mol. The number of hydrogen-bond donors (Lipinski definition) is 3. The highest BCUT2D eigenvalue weighted by atomic mass is 35.5. The van der Waals surface area contributed by atoms with Gasteiger partial charge >= 0.3 is 0 Å². The van der Waals surface area contributed by atoms with E-state index in [1.165, 1.54) is 0 Å². The highest BCUT2D eigenvalue weighted by Gasteiger charge is 2.08. The van der Waals surface area contributed by atoms with Gasteiger partial charge in [0.15, 0.2) is 0 Å². The second kappa shape index (κ2) is 8.32. The summed E-state index contributed by atoms with van der Waals surface area (Å²) in [6, 6.07) is 5.04. The van der Waals surface area contributed by atoms with Crippen LogP contribution in [-0.4, -0.2) is 30.7 Å². The number of carbonyl (C=O) groups is 1. The number of hydrogen-bond acceptors (Lipinski definition) is 3. The Hall–Kier alpha value is -0.810. The lowest BCUT2D eigenvalue weighted by atomic mass is 10.3. The molecule has 0 radical (unpaired) electrons. The number of rotatable bonds is 7. The fourth-order valence-corrected chi connectivity index (χ4v) is 1.86. The Morgan fingerprint density at radius 2 is 1.89 bits per heavy atom. The first-order valence-electron chi connectivity index (χ1n) is 5.70. The van der Waals surface area contributed by atoms with Crippen LogP contribution in [0.1, 0.15) is 12.8 Å². The third-order valence-electron chi connectivity index (χ3n) is 2.27. The molecule has 0 unspecified atom stereocenters. The minimum atomic E-state index is -0.200. The highest BCUT2D eigenvalue weighted by molar-refractivity contribution is 6.39. The maximum Gasteiger partial charge on any atom is 0.238 e. The van der Waals surface area contributed by atoms with Crippen molar-refractivity contribution in [3.05, 3.63) is 28.2 Å². The molecule has 100 valence electrons. The fourth-order valence-electron chi connectivity index (χ4n) is 1.36. The first kappa shape index (κ1) is 15.2. The Balaban J connectivity index is 2.36. The summed E-state index contributed by atoms with van der Waals surface area (Å²) in [7, 11) is 0. The van der Waals surface area contributed by atoms with Gasteiger partial charge in [0.25, 0.3) is 0 Å². The standard InChI is InChI=1S/C12H16Cl2N2O2/c13-9-4-3-5-10(14)12(9)16-11(18)8-15-6-1-2-7-17/h3-5,15,17H,1-2,6-8H2,(H,16,18). The zero-order valence-corrected chi connectivity index (χ0v) is 11.4. The van der Waals surface area contributed by atoms with Crippen molar-refractivity contribution in [2.45, 2.75) is 12.8 Å². The number of aliphatic hydroxyl groups is 1. The number of anilines is 1. The highest BCUT2D eigenvalue weighted by Crippen LogP contribution is 2.29. The van der Waals surface area contributed by atoms with Crippen LogP contribution in [0, 0.1) is 0 Å². The molecule has 6 heteroatoms. The average Bonchev–Trinajstić information content (AvgIpc) is 2.34. The maximum absolute atomic E-state index is 11.6. The molecule has 1 aromatic carbocycles. The molecule has 0 fully saturated rings. The summed E-state index contributed by atoms with van der Waals surface area (Å²) in [6.07, 6.45) is 1.56. The molecule has 0 saturated heterocycles. The molecule has 0 atom stereocenters. The molecule has 0 aliphatic carbocycles. The SMILES string of the molecule is O=C(CNCCCCO)Nc1c(Cl)cccc1Cl. The van der Waals surface area contributed by atoms with Gasteiger partial charge in [0.1, 0.15) is 0 Å². The van der Waals surface area contributed by atoms with Crippen LogP contribution in [0.4, 0.5) is 5.69 Å². The second-order valence-corrected chi connectivity index (χ2v) is 4.57. The molecule has 0 aliphatic rings. The van der Waals surface area contributed by atoms with E-state index in [1.54, 1.807) is 18.2 Å². The van der Waals surface area contributed by atoms with Gasteiger partial charge in [0.2, 0.25) is 5.91 Å². The summed E-state index contributed by atoms with van der Waals surface area (Å²) >= 11 is 11.9. The molecular weight excluding hydrogens is 275 g/mol. The molecule has 0 aromatic heterocycles. The molecule has 18 heavy (non-hydrogen) atoms. The van der Waals surface area contributed by atoms with E-state index < -0.39 is 0 Å². The lowest BCUT2D eigenvalue weighted by Gasteiger charge is -2.09. The van der Waals surface area contributed by atoms with Crippen LogP contribution in [0.15, 0.2) is 18.2 Å². The first-order valence-corrected chi connectivity index (χ1v) is 6.46. The van der Waals surface area contributed by atoms with E-state index in [4.69, 9.17) is 28.3 Å². The van der Waals surface area contributed by atoms with Gasteiger partial charge in [-0.2, -0.15) is 0 Å². The minimum absolute atomic E-state index is 0.170. The Morgan fingerprint density at radius 1 is 1.22 bits per heavy atom. The van der Waals surface area contributed by atoms with E-state index in [9.17, 15) is 4.79 Å². The lowest BCUT2D eigenvalue weighted by Crippen LogP contribution is -2.29. The van der Waals surface area contributed by atoms with Crippen molar-refractivity contribution in [2.75, 3.05) is 25.0 Å². The van der Waals surface area contributed by atoms with Gasteiger partial charge in [-0.1, -0.05) is 29.3 Å². The van der Waals surface area contributed by atoms with Gasteiger partial charge in [-0.05, 0) is 31.5 Å². The van der Waals surface area contributed by atoms with Crippen LogP contribution in [0.2, 0.25) is 10.0 Å². The van der Waals surface area contributed by atoms with Gasteiger partial charge in [0.05, 0.1) is 22.3 Å². The van der Waals surface area contributed by atoms with Crippen LogP contribution in [0.5, 0.6) is 0 Å². The Labute approximate surface area is 116 Å². The smallest absolute Gasteiger partial charge is 0.238 e. The Morgan fingerprint density at radius 3 is 2.50 bits per heavy atom. The topological polar surface area (TPSA) is 61.4 Å². The van der Waals surface area contributed by atoms with Crippen LogP contribution in [-0.2, 0) is 4.79 Å². The van der Waals surface area contributed by atoms with Crippen molar-refractivity contribution in [2.24, 2.45) is 0 Å². The molecule has 0 heterocycles. The summed E-state index contributed by atoms with van der Waals surface area (Å²) in [5, 5.41) is 15.0. The van der Waals surface area contributed by atoms with Crippen molar-refractivity contribution in [3.63, 3.8) is 0 Å². The largest absolute Gasteiger partial charge is 0.396 e. The monoisotopic (exact) mass is 290 g/mol. The molecule has 3 N–H and O–H groups in total. The zero-order valence-electron chi connectivity index (χ0n) is 9.88. The molecule has 0 saturated carbocycles. The summed E-state index contributed by atoms with van der Waals surface area (Å²) in [5.41, 5.74) is 0.433. The molecule has 1 rings (SSSR count). The fraction of sp³-hybridized carbons (Fsp3) is 0.417. The van der Waals surface area contributed by atoms with E-state index in [0.29, 0.717) is 22.3 Å². The van der Waals surface area contributed by atoms with Gasteiger partial charge < -0.3 is 15.7 Å². The van der Waals surface area contributed by atoms with Crippen LogP contribution < -0.4 is 10.6 Å². The van der Waals surface area contributed by atoms with Crippen molar-refractivity contribution >= 4 is 34.8 Å². The van der Waals surface area contributed by atoms with Gasteiger partial charge in [0, 0.05) is 6.61 Å². The number of benzene rings is 1. The van der Waals surface area contributed by atoms with E-state index in [0.717, 1.165) is 12.8 Å². The van der Waals surface area contributed by atoms with Crippen molar-refractivity contribution in [1.29, 1.82) is 0 Å². The van der Waals surface area contributed by atoms with Crippen LogP contribution >= 0.6 is 23.2 Å². The number of para-hydroxylation sites is 1. The Bertz CT molecular complexity index is 379. The molecular formula is C12H16Cl2N2O2. The average molecular weight is 291 g/mol. The summed E-state index contributed by atoms with van der Waals surface area (Å²) in [6.45, 7) is 1.04. The first-order chi connectivity index (χ1) is 8.65. The zero-order chi connectivity index (χ0) is 13.4. The lowest BCUT2D eigenvalue weighted by molar-refractivity contribution is -0.115. The number of aliphatic hydroxyl groups excluding tert-OH is 1. The predicted octanol–water partition coefficient (Wildman–Crippen LogP) is 2.29. The second-order valence-electron chi connectivity index (χ2n) is 3.75. The number of unbranched alkanes of at least 4 members (excludes halogenated alkanes) is 1. The molecule has 1 aromatic rings. The summed E-state index contributed by atoms with van der Waals surface area (Å²) in [4.78, 5) is 11.6. The third-order valence-corrected chi connectivity index (χ3v) is 2.90. The van der Waals surface area contributed by atoms with Gasteiger partial charge in [-0.25, -0.2) is 0 Å². The number of amides is 1. The quantitative estimate of drug-likeness (QED) is 0.675. The van der Waals surface area contributed by atoms with Gasteiger partial charge in [-0.15, -0.1) is 0 Å². The van der Waals surface area contributed by atoms with Crippen molar-refractivity contribution in [3.8, 4) is 0 Å². The maximum atomic E-state index is 11.6. The molecule has 1 amide bonds. The molecule has 4 nitrogen and oxygen atoms in total. The molecule has 0 aliphatic heterocycles. The van der Waals surface area contributed by atoms with Gasteiger partial charge in [-0.3, -0.25) is 4.79 Å². The number of carbonyl (C=O) groups excluding carboxylic acids is 1. The minimum Gasteiger partial charge on any atom is -0.396 e. The third kappa shape index (κ3) is 5.23. The number of nitrogens with one attached hydrogen (secondary N) is 2. The van der Waals surface area contributed by atoms with E-state index in [2.05, 4.69) is 10.6 Å². The molecule has 0 spiro atoms. The normalized spacial score (nSPS) is 10.4. The van der Waals surface area contributed by atoms with E-state index >= 15 is 0 Å². The summed E-state index contributed by atoms with van der Waals surface area (Å²) < 4.78 is 0. The van der Waals surface area contributed by atoms with E-state index in [-0.39, 0.29) is 19.1 Å². The Kier molecular flexibility index (Phi) is 7.05. The van der Waals surface area contributed by atoms with Crippen molar-refractivity contribution < 1.29 is 9.90 Å². The van der Waals surface area contributed by atoms with E-state index in [1.807, 2.05) is 0 Å².